The second-order valence-corrected chi connectivity index (χ2v) is 6.63. The molecule has 0 saturated carbocycles. The molecule has 0 fully saturated rings. The number of methoxy groups -OCH3 is 1. The van der Waals surface area contributed by atoms with Crippen molar-refractivity contribution >= 4 is 27.0 Å². The molecule has 2 aromatic carbocycles. The van der Waals surface area contributed by atoms with E-state index in [1.54, 1.807) is 31.2 Å². The molecule has 2 N–H and O–H groups in total. The highest BCUT2D eigenvalue weighted by Crippen LogP contribution is 2.29. The highest BCUT2D eigenvalue weighted by Gasteiger charge is 2.13. The molecule has 3 rings (SSSR count). The minimum absolute atomic E-state index is 0.0213. The third-order valence-electron chi connectivity index (χ3n) is 3.54. The first kappa shape index (κ1) is 18.6. The summed E-state index contributed by atoms with van der Waals surface area (Å²) in [5.74, 6) is 0.173. The minimum atomic E-state index is -4.15. The van der Waals surface area contributed by atoms with Gasteiger partial charge in [-0.3, -0.25) is 0 Å². The van der Waals surface area contributed by atoms with E-state index in [-0.39, 0.29) is 18.1 Å². The summed E-state index contributed by atoms with van der Waals surface area (Å²) in [6, 6.07) is 9.99. The fourth-order valence-corrected chi connectivity index (χ4v) is 2.65. The zero-order valence-corrected chi connectivity index (χ0v) is 15.3. The summed E-state index contributed by atoms with van der Waals surface area (Å²) in [6.45, 7) is 1.96. The van der Waals surface area contributed by atoms with Gasteiger partial charge < -0.3 is 13.8 Å². The zero-order valence-electron chi connectivity index (χ0n) is 14.4. The first-order chi connectivity index (χ1) is 12.9. The summed E-state index contributed by atoms with van der Waals surface area (Å²) in [5.41, 5.74) is 3.35. The van der Waals surface area contributed by atoms with Gasteiger partial charge in [-0.25, -0.2) is 4.63 Å². The zero-order chi connectivity index (χ0) is 19.4. The molecule has 0 amide bonds. The van der Waals surface area contributed by atoms with Crippen molar-refractivity contribution in [2.75, 3.05) is 7.11 Å². The van der Waals surface area contributed by atoms with E-state index < -0.39 is 10.3 Å². The molecule has 0 aliphatic heterocycles. The van der Waals surface area contributed by atoms with E-state index in [1.165, 1.54) is 13.2 Å². The standard InChI is InChI=1S/C16H16N4O6S/c1-10(12-4-6-15(16(8-12)23-2)25-27(17,21)22)18-24-9-11-3-5-13-14(7-11)20-26-19-13/h3-8H,9H2,1-2H3,(H2,17,21,22)/b18-10+. The third kappa shape index (κ3) is 4.71. The van der Waals surface area contributed by atoms with Gasteiger partial charge in [0, 0.05) is 5.56 Å². The molecule has 11 heteroatoms. The van der Waals surface area contributed by atoms with Gasteiger partial charge in [-0.1, -0.05) is 11.2 Å². The number of oxime groups is 1. The number of hydrogen-bond acceptors (Lipinski definition) is 9. The van der Waals surface area contributed by atoms with Gasteiger partial charge in [-0.15, -0.1) is 0 Å². The highest BCUT2D eigenvalue weighted by atomic mass is 32.2. The quantitative estimate of drug-likeness (QED) is 0.474. The average molecular weight is 392 g/mol. The lowest BCUT2D eigenvalue weighted by Crippen LogP contribution is -2.19. The van der Waals surface area contributed by atoms with E-state index in [0.717, 1.165) is 5.56 Å². The molecule has 0 bridgehead atoms. The Morgan fingerprint density at radius 1 is 1.15 bits per heavy atom. The number of fused-ring (bicyclic) bond motifs is 1. The van der Waals surface area contributed by atoms with Crippen molar-refractivity contribution in [3.8, 4) is 11.5 Å². The maximum atomic E-state index is 11.1. The van der Waals surface area contributed by atoms with E-state index in [9.17, 15) is 8.42 Å². The Balaban J connectivity index is 1.71. The number of nitrogens with zero attached hydrogens (tertiary/aromatic N) is 3. The van der Waals surface area contributed by atoms with Crippen LogP contribution in [0, 0.1) is 0 Å². The van der Waals surface area contributed by atoms with Gasteiger partial charge in [0.15, 0.2) is 11.5 Å². The Kier molecular flexibility index (Phi) is 5.23. The first-order valence-electron chi connectivity index (χ1n) is 7.64. The molecular weight excluding hydrogens is 376 g/mol. The Bertz CT molecular complexity index is 1090. The molecule has 10 nitrogen and oxygen atoms in total. The topological polar surface area (TPSA) is 139 Å². The van der Waals surface area contributed by atoms with Gasteiger partial charge in [0.2, 0.25) is 0 Å². The van der Waals surface area contributed by atoms with Gasteiger partial charge in [0.1, 0.15) is 17.6 Å². The Hall–Kier alpha value is -3.18. The van der Waals surface area contributed by atoms with Crippen LogP contribution in [0.1, 0.15) is 18.1 Å². The molecule has 0 saturated heterocycles. The Morgan fingerprint density at radius 3 is 2.67 bits per heavy atom. The van der Waals surface area contributed by atoms with Crippen molar-refractivity contribution in [1.29, 1.82) is 0 Å². The molecule has 0 aliphatic rings. The van der Waals surface area contributed by atoms with Crippen LogP contribution in [-0.2, 0) is 21.7 Å². The van der Waals surface area contributed by atoms with E-state index in [1.807, 2.05) is 6.07 Å². The number of rotatable bonds is 7. The SMILES string of the molecule is COc1cc(/C(C)=N/OCc2ccc3nonc3c2)ccc1OS(N)(=O)=O. The second-order valence-electron chi connectivity index (χ2n) is 5.48. The average Bonchev–Trinajstić information content (AvgIpc) is 3.08. The fourth-order valence-electron chi connectivity index (χ4n) is 2.26. The maximum absolute atomic E-state index is 11.1. The van der Waals surface area contributed by atoms with Gasteiger partial charge in [-0.05, 0) is 53.1 Å². The van der Waals surface area contributed by atoms with E-state index in [0.29, 0.717) is 22.3 Å². The second kappa shape index (κ2) is 7.60. The summed E-state index contributed by atoms with van der Waals surface area (Å²) < 4.78 is 36.6. The summed E-state index contributed by atoms with van der Waals surface area (Å²) in [7, 11) is -2.77. The molecule has 3 aromatic rings. The largest absolute Gasteiger partial charge is 0.493 e. The van der Waals surface area contributed by atoms with Crippen molar-refractivity contribution in [3.63, 3.8) is 0 Å². The van der Waals surface area contributed by atoms with Gasteiger partial charge >= 0.3 is 10.3 Å². The lowest BCUT2D eigenvalue weighted by atomic mass is 10.1. The molecular formula is C16H16N4O6S. The molecule has 0 unspecified atom stereocenters. The number of aromatic nitrogens is 2. The Morgan fingerprint density at radius 2 is 1.93 bits per heavy atom. The third-order valence-corrected chi connectivity index (χ3v) is 3.95. The maximum Gasteiger partial charge on any atom is 0.380 e. The smallest absolute Gasteiger partial charge is 0.380 e. The first-order valence-corrected chi connectivity index (χ1v) is 9.11. The van der Waals surface area contributed by atoms with Crippen molar-refractivity contribution in [1.82, 2.24) is 10.3 Å². The fraction of sp³-hybridized carbons (Fsp3) is 0.188. The molecule has 1 aromatic heterocycles. The van der Waals surface area contributed by atoms with Crippen molar-refractivity contribution < 1.29 is 26.8 Å². The molecule has 142 valence electrons. The summed E-state index contributed by atoms with van der Waals surface area (Å²) in [6.07, 6.45) is 0. The summed E-state index contributed by atoms with van der Waals surface area (Å²) in [5, 5.41) is 16.4. The van der Waals surface area contributed by atoms with Crippen LogP contribution in [0.15, 0.2) is 46.2 Å². The van der Waals surface area contributed by atoms with Gasteiger partial charge in [-0.2, -0.15) is 13.6 Å². The minimum Gasteiger partial charge on any atom is -0.493 e. The van der Waals surface area contributed by atoms with E-state index in [2.05, 4.69) is 24.3 Å². The lowest BCUT2D eigenvalue weighted by Gasteiger charge is -2.10. The summed E-state index contributed by atoms with van der Waals surface area (Å²) in [4.78, 5) is 5.37. The van der Waals surface area contributed by atoms with Crippen LogP contribution in [0.4, 0.5) is 0 Å². The molecule has 0 radical (unpaired) electrons. The predicted molar refractivity (Wildman–Crippen MR) is 95.5 cm³/mol. The van der Waals surface area contributed by atoms with Crippen LogP contribution in [0.25, 0.3) is 11.0 Å². The number of benzene rings is 2. The van der Waals surface area contributed by atoms with Crippen LogP contribution in [-0.4, -0.2) is 31.6 Å². The van der Waals surface area contributed by atoms with Crippen LogP contribution in [0.2, 0.25) is 0 Å². The van der Waals surface area contributed by atoms with Crippen molar-refractivity contribution in [2.24, 2.45) is 10.3 Å². The number of nitrogens with two attached hydrogens (primary N) is 1. The van der Waals surface area contributed by atoms with Gasteiger partial charge in [0.25, 0.3) is 0 Å². The monoisotopic (exact) mass is 392 g/mol. The van der Waals surface area contributed by atoms with Crippen LogP contribution in [0.5, 0.6) is 11.5 Å². The molecule has 27 heavy (non-hydrogen) atoms. The summed E-state index contributed by atoms with van der Waals surface area (Å²) >= 11 is 0. The van der Waals surface area contributed by atoms with Crippen LogP contribution >= 0.6 is 0 Å². The van der Waals surface area contributed by atoms with Crippen LogP contribution in [0.3, 0.4) is 0 Å². The number of hydrogen-bond donors (Lipinski definition) is 1. The van der Waals surface area contributed by atoms with E-state index >= 15 is 0 Å². The van der Waals surface area contributed by atoms with Crippen molar-refractivity contribution in [3.05, 3.63) is 47.5 Å². The molecule has 0 atom stereocenters. The lowest BCUT2D eigenvalue weighted by molar-refractivity contribution is 0.130. The number of ether oxygens (including phenoxy) is 1. The predicted octanol–water partition coefficient (Wildman–Crippen LogP) is 1.75. The highest BCUT2D eigenvalue weighted by molar-refractivity contribution is 7.84. The molecule has 0 aliphatic carbocycles. The van der Waals surface area contributed by atoms with Crippen LogP contribution < -0.4 is 14.1 Å². The van der Waals surface area contributed by atoms with Crippen molar-refractivity contribution in [2.45, 2.75) is 13.5 Å². The van der Waals surface area contributed by atoms with Gasteiger partial charge in [0.05, 0.1) is 12.8 Å². The molecule has 1 heterocycles. The Labute approximate surface area is 154 Å². The molecule has 0 spiro atoms. The normalized spacial score (nSPS) is 12.2. The van der Waals surface area contributed by atoms with E-state index in [4.69, 9.17) is 14.7 Å².